The van der Waals surface area contributed by atoms with E-state index in [9.17, 15) is 9.59 Å². The van der Waals surface area contributed by atoms with E-state index in [2.05, 4.69) is 5.32 Å². The van der Waals surface area contributed by atoms with Gasteiger partial charge in [-0.2, -0.15) is 0 Å². The zero-order valence-corrected chi connectivity index (χ0v) is 8.64. The first-order chi connectivity index (χ1) is 7.77. The van der Waals surface area contributed by atoms with Crippen LogP contribution in [0, 0.1) is 0 Å². The maximum absolute atomic E-state index is 11.5. The number of amides is 2. The van der Waals surface area contributed by atoms with E-state index in [-0.39, 0.29) is 18.2 Å². The fourth-order valence-corrected chi connectivity index (χ4v) is 1.38. The number of hydrogen-bond acceptors (Lipinski definition) is 4. The van der Waals surface area contributed by atoms with Crippen LogP contribution in [0.15, 0.2) is 22.8 Å². The van der Waals surface area contributed by atoms with Gasteiger partial charge in [-0.15, -0.1) is 0 Å². The van der Waals surface area contributed by atoms with Gasteiger partial charge in [0.25, 0.3) is 11.8 Å². The lowest BCUT2D eigenvalue weighted by Crippen LogP contribution is -2.38. The molecule has 1 aliphatic rings. The van der Waals surface area contributed by atoms with Gasteiger partial charge >= 0.3 is 0 Å². The van der Waals surface area contributed by atoms with Gasteiger partial charge in [0.15, 0.2) is 5.76 Å². The first-order valence-corrected chi connectivity index (χ1v) is 5.02. The molecule has 1 N–H and O–H groups in total. The molecule has 0 atom stereocenters. The predicted molar refractivity (Wildman–Crippen MR) is 53.3 cm³/mol. The molecule has 86 valence electrons. The van der Waals surface area contributed by atoms with Crippen LogP contribution in [0.25, 0.3) is 0 Å². The van der Waals surface area contributed by atoms with Crippen LogP contribution < -0.4 is 5.32 Å². The van der Waals surface area contributed by atoms with Crippen LogP contribution in [0.4, 0.5) is 0 Å². The van der Waals surface area contributed by atoms with E-state index in [1.165, 1.54) is 17.4 Å². The van der Waals surface area contributed by atoms with Gasteiger partial charge in [0.1, 0.15) is 0 Å². The molecule has 0 unspecified atom stereocenters. The Balaban J connectivity index is 1.79. The average Bonchev–Trinajstić information content (AvgIpc) is 2.95. The summed E-state index contributed by atoms with van der Waals surface area (Å²) in [5.41, 5.74) is 0. The summed E-state index contributed by atoms with van der Waals surface area (Å²) in [5, 5.41) is 3.72. The second-order valence-electron chi connectivity index (χ2n) is 3.34. The summed E-state index contributed by atoms with van der Waals surface area (Å²) in [6, 6.07) is 3.15. The topological polar surface area (TPSA) is 71.8 Å². The molecule has 16 heavy (non-hydrogen) atoms. The Kier molecular flexibility index (Phi) is 3.21. The molecular weight excluding hydrogens is 212 g/mol. The Morgan fingerprint density at radius 3 is 3.00 bits per heavy atom. The van der Waals surface area contributed by atoms with Crippen molar-refractivity contribution in [2.45, 2.75) is 6.42 Å². The Bertz CT molecular complexity index is 368. The molecule has 0 aromatic carbocycles. The summed E-state index contributed by atoms with van der Waals surface area (Å²) in [7, 11) is 0. The van der Waals surface area contributed by atoms with Crippen molar-refractivity contribution in [1.82, 2.24) is 10.4 Å². The van der Waals surface area contributed by atoms with Crippen LogP contribution in [-0.2, 0) is 9.63 Å². The summed E-state index contributed by atoms with van der Waals surface area (Å²) in [5.74, 6) is -0.468. The van der Waals surface area contributed by atoms with Crippen molar-refractivity contribution < 1.29 is 18.8 Å². The van der Waals surface area contributed by atoms with E-state index >= 15 is 0 Å². The molecule has 2 heterocycles. The maximum Gasteiger partial charge on any atom is 0.287 e. The van der Waals surface area contributed by atoms with Crippen molar-refractivity contribution in [3.8, 4) is 0 Å². The van der Waals surface area contributed by atoms with E-state index in [1.807, 2.05) is 0 Å². The number of carbonyl (C=O) groups is 2. The van der Waals surface area contributed by atoms with E-state index in [0.29, 0.717) is 13.2 Å². The molecule has 0 spiro atoms. The molecular formula is C10H12N2O4. The lowest BCUT2D eigenvalue weighted by Gasteiger charge is -2.13. The van der Waals surface area contributed by atoms with Crippen molar-refractivity contribution in [2.24, 2.45) is 0 Å². The third-order valence-electron chi connectivity index (χ3n) is 2.18. The molecule has 1 aliphatic heterocycles. The minimum atomic E-state index is -0.405. The quantitative estimate of drug-likeness (QED) is 0.794. The van der Waals surface area contributed by atoms with Gasteiger partial charge in [0.2, 0.25) is 0 Å². The van der Waals surface area contributed by atoms with Crippen molar-refractivity contribution in [3.05, 3.63) is 24.2 Å². The van der Waals surface area contributed by atoms with Crippen molar-refractivity contribution in [3.63, 3.8) is 0 Å². The fraction of sp³-hybridized carbons (Fsp3) is 0.400. The van der Waals surface area contributed by atoms with Crippen LogP contribution in [-0.4, -0.2) is 36.6 Å². The first-order valence-electron chi connectivity index (χ1n) is 5.02. The Hall–Kier alpha value is -1.82. The van der Waals surface area contributed by atoms with Crippen LogP contribution in [0.2, 0.25) is 0 Å². The zero-order valence-electron chi connectivity index (χ0n) is 8.64. The zero-order chi connectivity index (χ0) is 11.4. The van der Waals surface area contributed by atoms with Crippen molar-refractivity contribution >= 4 is 11.8 Å². The molecule has 1 saturated heterocycles. The summed E-state index contributed by atoms with van der Waals surface area (Å²) in [6.07, 6.45) is 2.23. The molecule has 0 radical (unpaired) electrons. The number of nitrogens with zero attached hydrogens (tertiary/aromatic N) is 1. The van der Waals surface area contributed by atoms with Gasteiger partial charge in [0.05, 0.1) is 26.0 Å². The lowest BCUT2D eigenvalue weighted by atomic mass is 10.4. The number of nitrogens with one attached hydrogen (secondary N) is 1. The molecule has 1 aromatic rings. The highest BCUT2D eigenvalue weighted by Gasteiger charge is 2.20. The highest BCUT2D eigenvalue weighted by molar-refractivity contribution is 5.94. The second kappa shape index (κ2) is 4.80. The largest absolute Gasteiger partial charge is 0.459 e. The fourth-order valence-electron chi connectivity index (χ4n) is 1.38. The minimum Gasteiger partial charge on any atom is -0.459 e. The van der Waals surface area contributed by atoms with Crippen LogP contribution in [0.3, 0.4) is 0 Å². The van der Waals surface area contributed by atoms with Crippen molar-refractivity contribution in [1.29, 1.82) is 0 Å². The maximum atomic E-state index is 11.5. The van der Waals surface area contributed by atoms with Gasteiger partial charge in [-0.25, -0.2) is 5.06 Å². The van der Waals surface area contributed by atoms with Gasteiger partial charge in [-0.1, -0.05) is 0 Å². The molecule has 1 fully saturated rings. The van der Waals surface area contributed by atoms with Crippen LogP contribution in [0.1, 0.15) is 17.0 Å². The van der Waals surface area contributed by atoms with Crippen LogP contribution >= 0.6 is 0 Å². The monoisotopic (exact) mass is 224 g/mol. The third-order valence-corrected chi connectivity index (χ3v) is 2.18. The van der Waals surface area contributed by atoms with E-state index in [0.717, 1.165) is 6.42 Å². The first kappa shape index (κ1) is 10.7. The summed E-state index contributed by atoms with van der Waals surface area (Å²) >= 11 is 0. The highest BCUT2D eigenvalue weighted by Crippen LogP contribution is 2.04. The molecule has 0 bridgehead atoms. The van der Waals surface area contributed by atoms with Crippen molar-refractivity contribution in [2.75, 3.05) is 19.7 Å². The number of hydroxylamine groups is 2. The summed E-state index contributed by atoms with van der Waals surface area (Å²) < 4.78 is 4.88. The number of rotatable bonds is 3. The van der Waals surface area contributed by atoms with Crippen LogP contribution in [0.5, 0.6) is 0 Å². The number of furan rings is 1. The van der Waals surface area contributed by atoms with Gasteiger partial charge in [-0.05, 0) is 18.6 Å². The molecule has 2 rings (SSSR count). The molecule has 2 amide bonds. The molecule has 6 heteroatoms. The second-order valence-corrected chi connectivity index (χ2v) is 3.34. The average molecular weight is 224 g/mol. The number of hydrogen-bond donors (Lipinski definition) is 1. The normalized spacial score (nSPS) is 15.1. The Morgan fingerprint density at radius 2 is 2.38 bits per heavy atom. The number of carbonyl (C=O) groups excluding carboxylic acids is 2. The molecule has 1 aromatic heterocycles. The van der Waals surface area contributed by atoms with E-state index in [1.54, 1.807) is 6.07 Å². The lowest BCUT2D eigenvalue weighted by molar-refractivity contribution is -0.167. The predicted octanol–water partition coefficient (Wildman–Crippen LogP) is 0.173. The Labute approximate surface area is 92.1 Å². The van der Waals surface area contributed by atoms with E-state index < -0.39 is 5.91 Å². The summed E-state index contributed by atoms with van der Waals surface area (Å²) in [4.78, 5) is 27.9. The SMILES string of the molecule is O=C(NCC(=O)N1CCCO1)c1ccco1. The van der Waals surface area contributed by atoms with Gasteiger partial charge in [-0.3, -0.25) is 14.4 Å². The standard InChI is InChI=1S/C10H12N2O4/c13-9(12-4-2-6-16-12)7-11-10(14)8-3-1-5-15-8/h1,3,5H,2,4,6-7H2,(H,11,14). The van der Waals surface area contributed by atoms with Gasteiger partial charge in [0, 0.05) is 0 Å². The Morgan fingerprint density at radius 1 is 1.50 bits per heavy atom. The smallest absolute Gasteiger partial charge is 0.287 e. The van der Waals surface area contributed by atoms with Gasteiger partial charge < -0.3 is 9.73 Å². The molecule has 0 saturated carbocycles. The summed E-state index contributed by atoms with van der Waals surface area (Å²) in [6.45, 7) is 1.05. The third kappa shape index (κ3) is 2.40. The molecule has 0 aliphatic carbocycles. The van der Waals surface area contributed by atoms with E-state index in [4.69, 9.17) is 9.25 Å². The molecule has 6 nitrogen and oxygen atoms in total. The minimum absolute atomic E-state index is 0.0838. The highest BCUT2D eigenvalue weighted by atomic mass is 16.7.